The number of ether oxygens (including phenoxy) is 1. The van der Waals surface area contributed by atoms with Crippen molar-refractivity contribution in [2.24, 2.45) is 0 Å². The first-order valence-corrected chi connectivity index (χ1v) is 4.73. The fourth-order valence-corrected chi connectivity index (χ4v) is 0.573. The molecule has 0 heterocycles. The first kappa shape index (κ1) is 8.68. The predicted octanol–water partition coefficient (Wildman–Crippen LogP) is 1.36. The molecule has 0 aromatic carbocycles. The Morgan fingerprint density at radius 1 is 1.75 bits per heavy atom. The third kappa shape index (κ3) is 4.83. The maximum atomic E-state index is 10.3. The van der Waals surface area contributed by atoms with Crippen molar-refractivity contribution < 1.29 is 9.53 Å². The van der Waals surface area contributed by atoms with E-state index in [1.54, 1.807) is 0 Å². The van der Waals surface area contributed by atoms with Gasteiger partial charge in [0.2, 0.25) is 0 Å². The zero-order valence-electron chi connectivity index (χ0n) is 4.19. The smallest absolute Gasteiger partial charge is 0.316 e. The Morgan fingerprint density at radius 2 is 2.38 bits per heavy atom. The molecule has 0 rings (SSSR count). The van der Waals surface area contributed by atoms with E-state index in [1.807, 2.05) is 0 Å². The number of halogens is 2. The molecule has 48 valence electrons. The second kappa shape index (κ2) is 5.81. The molecule has 0 radical (unpaired) electrons. The highest BCUT2D eigenvalue weighted by Gasteiger charge is 1.95. The molecule has 0 aromatic heterocycles. The van der Waals surface area contributed by atoms with E-state index in [0.717, 1.165) is 4.43 Å². The fourth-order valence-electron chi connectivity index (χ4n) is 0.191. The van der Waals surface area contributed by atoms with Crippen LogP contribution in [0.1, 0.15) is 0 Å². The van der Waals surface area contributed by atoms with E-state index >= 15 is 0 Å². The number of alkyl halides is 2. The van der Waals surface area contributed by atoms with Crippen LogP contribution in [0.3, 0.4) is 0 Å². The summed E-state index contributed by atoms with van der Waals surface area (Å²) in [5.41, 5.74) is 0. The first-order valence-electron chi connectivity index (χ1n) is 2.08. The number of hydrogen-bond acceptors (Lipinski definition) is 2. The van der Waals surface area contributed by atoms with Crippen LogP contribution in [0.25, 0.3) is 0 Å². The zero-order chi connectivity index (χ0) is 6.41. The average Bonchev–Trinajstić information content (AvgIpc) is 1.83. The van der Waals surface area contributed by atoms with E-state index in [2.05, 4.69) is 43.3 Å². The molecule has 0 aliphatic rings. The van der Waals surface area contributed by atoms with E-state index in [-0.39, 0.29) is 5.97 Å². The molecule has 0 N–H and O–H groups in total. The number of rotatable bonds is 3. The molecule has 0 saturated carbocycles. The van der Waals surface area contributed by atoms with Crippen LogP contribution in [-0.2, 0) is 9.53 Å². The maximum absolute atomic E-state index is 10.3. The lowest BCUT2D eigenvalue weighted by molar-refractivity contribution is -0.139. The number of esters is 1. The fraction of sp³-hybridized carbons (Fsp3) is 0.750. The molecular weight excluding hydrogens is 287 g/mol. The van der Waals surface area contributed by atoms with Crippen LogP contribution in [0.15, 0.2) is 0 Å². The molecule has 2 nitrogen and oxygen atoms in total. The highest BCUT2D eigenvalue weighted by Crippen LogP contribution is 1.87. The van der Waals surface area contributed by atoms with Gasteiger partial charge in [-0.15, -0.1) is 0 Å². The average molecular weight is 293 g/mol. The number of carbonyl (C=O) groups excluding carboxylic acids is 1. The van der Waals surface area contributed by atoms with Crippen molar-refractivity contribution in [2.45, 2.75) is 0 Å². The van der Waals surface area contributed by atoms with Gasteiger partial charge in [0.25, 0.3) is 0 Å². The molecule has 0 fully saturated rings. The molecule has 0 aliphatic carbocycles. The molecule has 0 amide bonds. The Kier molecular flexibility index (Phi) is 6.30. The first-order chi connectivity index (χ1) is 3.81. The molecule has 0 bridgehead atoms. The lowest BCUT2D eigenvalue weighted by atomic mass is 10.8. The molecular formula is C4H6BrIO2. The predicted molar refractivity (Wildman–Crippen MR) is 43.6 cm³/mol. The summed E-state index contributed by atoms with van der Waals surface area (Å²) in [7, 11) is 0. The highest BCUT2D eigenvalue weighted by atomic mass is 127. The van der Waals surface area contributed by atoms with Gasteiger partial charge in [-0.25, -0.2) is 0 Å². The van der Waals surface area contributed by atoms with Crippen LogP contribution in [0, 0.1) is 0 Å². The minimum atomic E-state index is -0.193. The molecule has 0 saturated heterocycles. The largest absolute Gasteiger partial charge is 0.464 e. The number of carbonyl (C=O) groups is 1. The van der Waals surface area contributed by atoms with Crippen LogP contribution >= 0.6 is 38.5 Å². The standard InChI is InChI=1S/C4H6BrIO2/c5-3-4(7)8-2-1-6/h1-3H2. The van der Waals surface area contributed by atoms with E-state index in [4.69, 9.17) is 0 Å². The van der Waals surface area contributed by atoms with Gasteiger partial charge in [0.1, 0.15) is 11.9 Å². The summed E-state index contributed by atoms with van der Waals surface area (Å²) in [6, 6.07) is 0. The van der Waals surface area contributed by atoms with Crippen LogP contribution in [-0.4, -0.2) is 22.3 Å². The van der Waals surface area contributed by atoms with Gasteiger partial charge in [-0.3, -0.25) is 4.79 Å². The second-order valence-corrected chi connectivity index (χ2v) is 2.68. The summed E-state index contributed by atoms with van der Waals surface area (Å²) >= 11 is 5.11. The molecule has 0 aromatic rings. The summed E-state index contributed by atoms with van der Waals surface area (Å²) in [5, 5.41) is 0.295. The van der Waals surface area contributed by atoms with Crippen LogP contribution in [0.5, 0.6) is 0 Å². The molecule has 8 heavy (non-hydrogen) atoms. The van der Waals surface area contributed by atoms with Gasteiger partial charge in [-0.1, -0.05) is 38.5 Å². The van der Waals surface area contributed by atoms with E-state index in [1.165, 1.54) is 0 Å². The van der Waals surface area contributed by atoms with Crippen LogP contribution < -0.4 is 0 Å². The summed E-state index contributed by atoms with van der Waals surface area (Å²) in [6.45, 7) is 0.519. The third-order valence-electron chi connectivity index (χ3n) is 0.449. The van der Waals surface area contributed by atoms with Gasteiger partial charge < -0.3 is 4.74 Å². The SMILES string of the molecule is O=C(CBr)OCCI. The van der Waals surface area contributed by atoms with E-state index < -0.39 is 0 Å². The van der Waals surface area contributed by atoms with Crippen molar-refractivity contribution in [2.75, 3.05) is 16.4 Å². The Hall–Kier alpha value is 0.680. The summed E-state index contributed by atoms with van der Waals surface area (Å²) in [6.07, 6.45) is 0. The monoisotopic (exact) mass is 292 g/mol. The Balaban J connectivity index is 2.99. The van der Waals surface area contributed by atoms with Crippen molar-refractivity contribution in [3.8, 4) is 0 Å². The summed E-state index contributed by atoms with van der Waals surface area (Å²) in [5.74, 6) is -0.193. The van der Waals surface area contributed by atoms with Crippen molar-refractivity contribution in [1.29, 1.82) is 0 Å². The van der Waals surface area contributed by atoms with Gasteiger partial charge in [0, 0.05) is 4.43 Å². The van der Waals surface area contributed by atoms with Gasteiger partial charge >= 0.3 is 5.97 Å². The van der Waals surface area contributed by atoms with Crippen LogP contribution in [0.4, 0.5) is 0 Å². The molecule has 0 spiro atoms. The summed E-state index contributed by atoms with van der Waals surface area (Å²) < 4.78 is 5.50. The molecule has 0 atom stereocenters. The van der Waals surface area contributed by atoms with Crippen molar-refractivity contribution in [3.63, 3.8) is 0 Å². The maximum Gasteiger partial charge on any atom is 0.316 e. The Morgan fingerprint density at radius 3 is 2.75 bits per heavy atom. The van der Waals surface area contributed by atoms with Crippen LogP contribution in [0.2, 0.25) is 0 Å². The van der Waals surface area contributed by atoms with Gasteiger partial charge in [0.15, 0.2) is 0 Å². The third-order valence-corrected chi connectivity index (χ3v) is 1.35. The quantitative estimate of drug-likeness (QED) is 0.446. The van der Waals surface area contributed by atoms with Gasteiger partial charge in [-0.2, -0.15) is 0 Å². The van der Waals surface area contributed by atoms with Gasteiger partial charge in [0.05, 0.1) is 0 Å². The van der Waals surface area contributed by atoms with E-state index in [9.17, 15) is 4.79 Å². The highest BCUT2D eigenvalue weighted by molar-refractivity contribution is 14.1. The van der Waals surface area contributed by atoms with Crippen molar-refractivity contribution in [3.05, 3.63) is 0 Å². The summed E-state index contributed by atoms with van der Waals surface area (Å²) in [4.78, 5) is 10.3. The zero-order valence-corrected chi connectivity index (χ0v) is 7.94. The van der Waals surface area contributed by atoms with Crippen molar-refractivity contribution >= 4 is 44.5 Å². The molecule has 4 heteroatoms. The Labute approximate surface area is 70.2 Å². The topological polar surface area (TPSA) is 26.3 Å². The Bertz CT molecular complexity index is 76.4. The number of hydrogen-bond donors (Lipinski definition) is 0. The normalized spacial score (nSPS) is 8.75. The minimum Gasteiger partial charge on any atom is -0.464 e. The minimum absolute atomic E-state index is 0.193. The van der Waals surface area contributed by atoms with E-state index in [0.29, 0.717) is 11.9 Å². The molecule has 0 aliphatic heterocycles. The lowest BCUT2D eigenvalue weighted by Crippen LogP contribution is -2.06. The second-order valence-electron chi connectivity index (χ2n) is 1.04. The lowest BCUT2D eigenvalue weighted by Gasteiger charge is -1.95. The molecule has 0 unspecified atom stereocenters. The van der Waals surface area contributed by atoms with Gasteiger partial charge in [-0.05, 0) is 0 Å². The van der Waals surface area contributed by atoms with Crippen molar-refractivity contribution in [1.82, 2.24) is 0 Å².